The van der Waals surface area contributed by atoms with Crippen LogP contribution in [0.15, 0.2) is 0 Å². The molecule has 0 aromatic heterocycles. The van der Waals surface area contributed by atoms with Crippen molar-refractivity contribution < 1.29 is 14.4 Å². The quantitative estimate of drug-likeness (QED) is 0.575. The van der Waals surface area contributed by atoms with Crippen molar-refractivity contribution in [1.82, 2.24) is 10.2 Å². The van der Waals surface area contributed by atoms with Gasteiger partial charge in [-0.1, -0.05) is 0 Å². The van der Waals surface area contributed by atoms with Crippen molar-refractivity contribution in [2.45, 2.75) is 51.2 Å². The van der Waals surface area contributed by atoms with E-state index in [1.165, 1.54) is 6.92 Å². The van der Waals surface area contributed by atoms with E-state index < -0.39 is 23.9 Å². The molecule has 1 saturated heterocycles. The number of nitrogens with zero attached hydrogens (tertiary/aromatic N) is 1. The van der Waals surface area contributed by atoms with Gasteiger partial charge in [0.2, 0.25) is 17.7 Å². The lowest BCUT2D eigenvalue weighted by Gasteiger charge is -2.27. The first-order chi connectivity index (χ1) is 8.82. The molecule has 1 aliphatic rings. The summed E-state index contributed by atoms with van der Waals surface area (Å²) in [4.78, 5) is 36.6. The van der Waals surface area contributed by atoms with Gasteiger partial charge in [0.15, 0.2) is 0 Å². The predicted octanol–water partition coefficient (Wildman–Crippen LogP) is -1.30. The Morgan fingerprint density at radius 3 is 2.47 bits per heavy atom. The highest BCUT2D eigenvalue weighted by molar-refractivity contribution is 5.93. The molecular formula is C12H22N4O3. The molecule has 3 amide bonds. The molecule has 7 nitrogen and oxygen atoms in total. The summed E-state index contributed by atoms with van der Waals surface area (Å²) >= 11 is 0. The predicted molar refractivity (Wildman–Crippen MR) is 69.8 cm³/mol. The summed E-state index contributed by atoms with van der Waals surface area (Å²) in [5.74, 6) is -1.36. The molecule has 5 N–H and O–H groups in total. The van der Waals surface area contributed by atoms with Gasteiger partial charge in [0.05, 0.1) is 12.5 Å². The highest BCUT2D eigenvalue weighted by Gasteiger charge is 2.32. The van der Waals surface area contributed by atoms with Crippen LogP contribution in [0.3, 0.4) is 0 Å². The first kappa shape index (κ1) is 15.4. The minimum atomic E-state index is -0.920. The SMILES string of the molecule is C[C@H](N)C(=O)N[C@@H](CC(N)=O)C(=O)N1CCC[C@H]1C. The third kappa shape index (κ3) is 4.20. The zero-order valence-electron chi connectivity index (χ0n) is 11.4. The van der Waals surface area contributed by atoms with Crippen LogP contribution in [-0.4, -0.2) is 47.3 Å². The van der Waals surface area contributed by atoms with Crippen molar-refractivity contribution in [2.24, 2.45) is 11.5 Å². The number of carbonyl (C=O) groups is 3. The van der Waals surface area contributed by atoms with Crippen LogP contribution >= 0.6 is 0 Å². The Morgan fingerprint density at radius 1 is 1.42 bits per heavy atom. The number of rotatable bonds is 5. The molecule has 1 rings (SSSR count). The van der Waals surface area contributed by atoms with E-state index in [1.54, 1.807) is 4.90 Å². The van der Waals surface area contributed by atoms with E-state index in [2.05, 4.69) is 5.32 Å². The fourth-order valence-electron chi connectivity index (χ4n) is 2.17. The average Bonchev–Trinajstić information content (AvgIpc) is 2.72. The van der Waals surface area contributed by atoms with Gasteiger partial charge in [-0.15, -0.1) is 0 Å². The van der Waals surface area contributed by atoms with Crippen molar-refractivity contribution in [1.29, 1.82) is 0 Å². The molecule has 108 valence electrons. The summed E-state index contributed by atoms with van der Waals surface area (Å²) in [7, 11) is 0. The van der Waals surface area contributed by atoms with Crippen LogP contribution in [0, 0.1) is 0 Å². The Kier molecular flexibility index (Phi) is 5.29. The van der Waals surface area contributed by atoms with E-state index in [9.17, 15) is 14.4 Å². The molecular weight excluding hydrogens is 248 g/mol. The first-order valence-corrected chi connectivity index (χ1v) is 6.47. The monoisotopic (exact) mass is 270 g/mol. The van der Waals surface area contributed by atoms with Crippen LogP contribution in [0.2, 0.25) is 0 Å². The van der Waals surface area contributed by atoms with Gasteiger partial charge in [-0.2, -0.15) is 0 Å². The lowest BCUT2D eigenvalue weighted by atomic mass is 10.1. The van der Waals surface area contributed by atoms with E-state index in [1.807, 2.05) is 6.92 Å². The van der Waals surface area contributed by atoms with Gasteiger partial charge < -0.3 is 21.7 Å². The molecule has 0 aliphatic carbocycles. The molecule has 7 heteroatoms. The van der Waals surface area contributed by atoms with Crippen LogP contribution in [0.1, 0.15) is 33.1 Å². The largest absolute Gasteiger partial charge is 0.370 e. The number of nitrogens with two attached hydrogens (primary N) is 2. The van der Waals surface area contributed by atoms with Crippen LogP contribution < -0.4 is 16.8 Å². The van der Waals surface area contributed by atoms with Gasteiger partial charge in [0.25, 0.3) is 0 Å². The molecule has 0 bridgehead atoms. The Morgan fingerprint density at radius 2 is 2.05 bits per heavy atom. The van der Waals surface area contributed by atoms with E-state index in [0.717, 1.165) is 12.8 Å². The minimum Gasteiger partial charge on any atom is -0.370 e. The summed E-state index contributed by atoms with van der Waals surface area (Å²) in [6, 6.07) is -1.54. The Hall–Kier alpha value is -1.63. The van der Waals surface area contributed by atoms with Gasteiger partial charge in [-0.05, 0) is 26.7 Å². The van der Waals surface area contributed by atoms with Crippen LogP contribution in [0.25, 0.3) is 0 Å². The molecule has 1 fully saturated rings. The van der Waals surface area contributed by atoms with Crippen LogP contribution in [-0.2, 0) is 14.4 Å². The average molecular weight is 270 g/mol. The number of carbonyl (C=O) groups excluding carboxylic acids is 3. The van der Waals surface area contributed by atoms with Gasteiger partial charge in [-0.25, -0.2) is 0 Å². The second-order valence-electron chi connectivity index (χ2n) is 5.04. The van der Waals surface area contributed by atoms with Gasteiger partial charge in [0.1, 0.15) is 6.04 Å². The van der Waals surface area contributed by atoms with Crippen LogP contribution in [0.4, 0.5) is 0 Å². The van der Waals surface area contributed by atoms with Gasteiger partial charge in [-0.3, -0.25) is 14.4 Å². The van der Waals surface area contributed by atoms with Crippen molar-refractivity contribution in [3.05, 3.63) is 0 Å². The summed E-state index contributed by atoms with van der Waals surface area (Å²) in [6.45, 7) is 4.10. The fraction of sp³-hybridized carbons (Fsp3) is 0.750. The molecule has 0 radical (unpaired) electrons. The zero-order valence-corrected chi connectivity index (χ0v) is 11.4. The third-order valence-electron chi connectivity index (χ3n) is 3.27. The number of hydrogen-bond acceptors (Lipinski definition) is 4. The first-order valence-electron chi connectivity index (χ1n) is 6.47. The molecule has 0 spiro atoms. The smallest absolute Gasteiger partial charge is 0.245 e. The number of primary amides is 1. The van der Waals surface area contributed by atoms with Crippen molar-refractivity contribution in [2.75, 3.05) is 6.54 Å². The molecule has 1 aliphatic heterocycles. The van der Waals surface area contributed by atoms with E-state index in [4.69, 9.17) is 11.5 Å². The van der Waals surface area contributed by atoms with Crippen molar-refractivity contribution in [3.63, 3.8) is 0 Å². The molecule has 3 atom stereocenters. The number of nitrogens with one attached hydrogen (secondary N) is 1. The highest BCUT2D eigenvalue weighted by Crippen LogP contribution is 2.18. The maximum atomic E-state index is 12.3. The number of likely N-dealkylation sites (tertiary alicyclic amines) is 1. The summed E-state index contributed by atoms with van der Waals surface area (Å²) in [6.07, 6.45) is 1.65. The van der Waals surface area contributed by atoms with E-state index in [-0.39, 0.29) is 18.4 Å². The maximum Gasteiger partial charge on any atom is 0.245 e. The molecule has 1 heterocycles. The summed E-state index contributed by atoms with van der Waals surface area (Å²) in [5, 5.41) is 2.49. The Bertz CT molecular complexity index is 370. The van der Waals surface area contributed by atoms with Crippen LogP contribution in [0.5, 0.6) is 0 Å². The molecule has 0 aromatic rings. The molecule has 0 aromatic carbocycles. The molecule has 0 unspecified atom stereocenters. The second kappa shape index (κ2) is 6.51. The lowest BCUT2D eigenvalue weighted by Crippen LogP contribution is -2.53. The fourth-order valence-corrected chi connectivity index (χ4v) is 2.17. The summed E-state index contributed by atoms with van der Waals surface area (Å²) in [5.41, 5.74) is 10.6. The zero-order chi connectivity index (χ0) is 14.6. The lowest BCUT2D eigenvalue weighted by molar-refractivity contribution is -0.138. The van der Waals surface area contributed by atoms with Crippen molar-refractivity contribution in [3.8, 4) is 0 Å². The third-order valence-corrected chi connectivity index (χ3v) is 3.27. The Labute approximate surface area is 112 Å². The van der Waals surface area contributed by atoms with E-state index in [0.29, 0.717) is 6.54 Å². The topological polar surface area (TPSA) is 119 Å². The van der Waals surface area contributed by atoms with E-state index >= 15 is 0 Å². The minimum absolute atomic E-state index is 0.120. The number of amides is 3. The Balaban J connectivity index is 2.75. The highest BCUT2D eigenvalue weighted by atomic mass is 16.2. The standard InChI is InChI=1S/C12H22N4O3/c1-7-4-3-5-16(7)12(19)9(6-10(14)17)15-11(18)8(2)13/h7-9H,3-6,13H2,1-2H3,(H2,14,17)(H,15,18)/t7-,8+,9+/m1/s1. The normalized spacial score (nSPS) is 21.8. The second-order valence-corrected chi connectivity index (χ2v) is 5.04. The van der Waals surface area contributed by atoms with Crippen molar-refractivity contribution >= 4 is 17.7 Å². The molecule has 19 heavy (non-hydrogen) atoms. The summed E-state index contributed by atoms with van der Waals surface area (Å²) < 4.78 is 0. The number of hydrogen-bond donors (Lipinski definition) is 3. The van der Waals surface area contributed by atoms with Gasteiger partial charge >= 0.3 is 0 Å². The van der Waals surface area contributed by atoms with Gasteiger partial charge in [0, 0.05) is 12.6 Å². The maximum absolute atomic E-state index is 12.3. The molecule has 0 saturated carbocycles.